The first-order valence-corrected chi connectivity index (χ1v) is 8.26. The fourth-order valence-electron chi connectivity index (χ4n) is 2.42. The maximum Gasteiger partial charge on any atom is 0.416 e. The van der Waals surface area contributed by atoms with Crippen molar-refractivity contribution in [2.75, 3.05) is 43.4 Å². The van der Waals surface area contributed by atoms with E-state index in [0.717, 1.165) is 4.90 Å². The van der Waals surface area contributed by atoms with Crippen LogP contribution >= 0.6 is 0 Å². The number of amides is 4. The molecule has 2 N–H and O–H groups in total. The van der Waals surface area contributed by atoms with Gasteiger partial charge in [-0.05, 0) is 30.8 Å². The van der Waals surface area contributed by atoms with Gasteiger partial charge in [-0.15, -0.1) is 0 Å². The van der Waals surface area contributed by atoms with Crippen LogP contribution < -0.4 is 10.6 Å². The van der Waals surface area contributed by atoms with Gasteiger partial charge in [0.25, 0.3) is 0 Å². The topological polar surface area (TPSA) is 108 Å². The molecule has 0 bridgehead atoms. The van der Waals surface area contributed by atoms with E-state index in [9.17, 15) is 19.2 Å². The minimum Gasteiger partial charge on any atom is -0.447 e. The molecule has 0 aromatic heterocycles. The quantitative estimate of drug-likeness (QED) is 0.746. The summed E-state index contributed by atoms with van der Waals surface area (Å²) in [4.78, 5) is 49.3. The van der Waals surface area contributed by atoms with Gasteiger partial charge in [-0.2, -0.15) is 0 Å². The molecule has 0 unspecified atom stereocenters. The number of rotatable bonds is 7. The average molecular weight is 362 g/mol. The number of carbonyl (C=O) groups is 4. The fraction of sp³-hybridized carbons (Fsp3) is 0.412. The van der Waals surface area contributed by atoms with Crippen molar-refractivity contribution in [2.24, 2.45) is 0 Å². The fourth-order valence-corrected chi connectivity index (χ4v) is 2.42. The van der Waals surface area contributed by atoms with E-state index in [-0.39, 0.29) is 44.0 Å². The first kappa shape index (κ1) is 19.4. The molecule has 0 saturated carbocycles. The third-order valence-electron chi connectivity index (χ3n) is 3.72. The van der Waals surface area contributed by atoms with Crippen molar-refractivity contribution >= 4 is 35.2 Å². The Balaban J connectivity index is 1.85. The summed E-state index contributed by atoms with van der Waals surface area (Å²) >= 11 is 0. The van der Waals surface area contributed by atoms with Gasteiger partial charge in [-0.3, -0.25) is 19.3 Å². The highest BCUT2D eigenvalue weighted by molar-refractivity contribution is 5.95. The third kappa shape index (κ3) is 5.55. The predicted octanol–water partition coefficient (Wildman–Crippen LogP) is 0.884. The predicted molar refractivity (Wildman–Crippen MR) is 94.6 cm³/mol. The largest absolute Gasteiger partial charge is 0.447 e. The number of anilines is 2. The van der Waals surface area contributed by atoms with Crippen LogP contribution in [0.2, 0.25) is 0 Å². The molecule has 9 heteroatoms. The van der Waals surface area contributed by atoms with Crippen LogP contribution in [0.1, 0.15) is 13.8 Å². The lowest BCUT2D eigenvalue weighted by atomic mass is 10.2. The summed E-state index contributed by atoms with van der Waals surface area (Å²) in [5, 5.41) is 5.37. The van der Waals surface area contributed by atoms with Gasteiger partial charge in [0.2, 0.25) is 17.7 Å². The Morgan fingerprint density at radius 1 is 1.12 bits per heavy atom. The van der Waals surface area contributed by atoms with Crippen LogP contribution in [0.25, 0.3) is 0 Å². The summed E-state index contributed by atoms with van der Waals surface area (Å²) in [7, 11) is 0. The molecule has 1 aromatic rings. The van der Waals surface area contributed by atoms with E-state index >= 15 is 0 Å². The monoisotopic (exact) mass is 362 g/mol. The van der Waals surface area contributed by atoms with Crippen molar-refractivity contribution in [2.45, 2.75) is 13.8 Å². The number of hydrogen-bond donors (Lipinski definition) is 2. The lowest BCUT2D eigenvalue weighted by molar-refractivity contribution is -0.129. The van der Waals surface area contributed by atoms with E-state index in [0.29, 0.717) is 17.9 Å². The zero-order chi connectivity index (χ0) is 19.1. The molecule has 1 heterocycles. The van der Waals surface area contributed by atoms with Crippen LogP contribution in [0.3, 0.4) is 0 Å². The van der Waals surface area contributed by atoms with Crippen molar-refractivity contribution in [3.8, 4) is 0 Å². The van der Waals surface area contributed by atoms with Crippen LogP contribution in [0, 0.1) is 0 Å². The molecule has 0 spiro atoms. The Bertz CT molecular complexity index is 689. The molecule has 0 atom stereocenters. The molecular weight excluding hydrogens is 340 g/mol. The molecule has 1 fully saturated rings. The summed E-state index contributed by atoms with van der Waals surface area (Å²) < 4.78 is 4.74. The number of carbonyl (C=O) groups excluding carboxylic acids is 4. The molecule has 0 aliphatic carbocycles. The minimum atomic E-state index is -0.644. The number of nitrogens with one attached hydrogen (secondary N) is 2. The zero-order valence-electron chi connectivity index (χ0n) is 14.8. The van der Waals surface area contributed by atoms with Gasteiger partial charge >= 0.3 is 6.09 Å². The molecule has 140 valence electrons. The highest BCUT2D eigenvalue weighted by Gasteiger charge is 2.29. The first-order valence-electron chi connectivity index (χ1n) is 8.26. The summed E-state index contributed by atoms with van der Waals surface area (Å²) in [6.07, 6.45) is -0.644. The minimum absolute atomic E-state index is 0.0125. The van der Waals surface area contributed by atoms with Crippen LogP contribution in [-0.2, 0) is 19.1 Å². The maximum absolute atomic E-state index is 12.2. The summed E-state index contributed by atoms with van der Waals surface area (Å²) in [6, 6.07) is 6.70. The summed E-state index contributed by atoms with van der Waals surface area (Å²) in [5.74, 6) is -0.843. The summed E-state index contributed by atoms with van der Waals surface area (Å²) in [6.45, 7) is 4.12. The molecule has 9 nitrogen and oxygen atoms in total. The van der Waals surface area contributed by atoms with Gasteiger partial charge in [0.15, 0.2) is 0 Å². The second-order valence-corrected chi connectivity index (χ2v) is 5.77. The number of hydrogen-bond acceptors (Lipinski definition) is 6. The molecule has 1 aliphatic heterocycles. The van der Waals surface area contributed by atoms with E-state index in [2.05, 4.69) is 10.6 Å². The third-order valence-corrected chi connectivity index (χ3v) is 3.72. The first-order chi connectivity index (χ1) is 12.4. The van der Waals surface area contributed by atoms with E-state index in [1.165, 1.54) is 6.92 Å². The molecular formula is C17H22N4O5. The second kappa shape index (κ2) is 8.95. The Labute approximate surface area is 151 Å². The van der Waals surface area contributed by atoms with Crippen molar-refractivity contribution in [3.63, 3.8) is 0 Å². The van der Waals surface area contributed by atoms with Crippen molar-refractivity contribution < 1.29 is 23.9 Å². The van der Waals surface area contributed by atoms with Gasteiger partial charge < -0.3 is 15.4 Å². The standard InChI is InChI=1S/C17H22N4O5/c1-3-20(11-16(24)21-8-9-26-17(21)25)10-15(23)19-14-6-4-13(5-7-14)18-12(2)22/h4-7H,3,8-11H2,1-2H3,(H,18,22)(H,19,23). The van der Waals surface area contributed by atoms with Crippen molar-refractivity contribution in [1.82, 2.24) is 9.80 Å². The van der Waals surface area contributed by atoms with Crippen LogP contribution in [0.4, 0.5) is 16.2 Å². The molecule has 2 rings (SSSR count). The van der Waals surface area contributed by atoms with Gasteiger partial charge in [0, 0.05) is 18.3 Å². The Morgan fingerprint density at radius 3 is 2.23 bits per heavy atom. The average Bonchev–Trinajstić information content (AvgIpc) is 3.01. The van der Waals surface area contributed by atoms with E-state index < -0.39 is 6.09 Å². The Morgan fingerprint density at radius 2 is 1.73 bits per heavy atom. The number of cyclic esters (lactones) is 1. The van der Waals surface area contributed by atoms with Crippen LogP contribution in [0.5, 0.6) is 0 Å². The number of imide groups is 1. The van der Waals surface area contributed by atoms with Gasteiger partial charge in [0.05, 0.1) is 19.6 Å². The van der Waals surface area contributed by atoms with Gasteiger partial charge in [0.1, 0.15) is 6.61 Å². The molecule has 0 radical (unpaired) electrons. The Hall–Kier alpha value is -2.94. The number of likely N-dealkylation sites (N-methyl/N-ethyl adjacent to an activating group) is 1. The lowest BCUT2D eigenvalue weighted by Crippen LogP contribution is -2.43. The van der Waals surface area contributed by atoms with E-state index in [1.54, 1.807) is 29.2 Å². The zero-order valence-corrected chi connectivity index (χ0v) is 14.8. The number of benzene rings is 1. The molecule has 26 heavy (non-hydrogen) atoms. The molecule has 1 aliphatic rings. The molecule has 1 aromatic carbocycles. The Kier molecular flexibility index (Phi) is 6.67. The maximum atomic E-state index is 12.2. The van der Waals surface area contributed by atoms with E-state index in [1.807, 2.05) is 6.92 Å². The molecule has 1 saturated heterocycles. The smallest absolute Gasteiger partial charge is 0.416 e. The highest BCUT2D eigenvalue weighted by Crippen LogP contribution is 2.13. The highest BCUT2D eigenvalue weighted by atomic mass is 16.6. The van der Waals surface area contributed by atoms with Gasteiger partial charge in [-0.25, -0.2) is 9.69 Å². The number of ether oxygens (including phenoxy) is 1. The molecule has 4 amide bonds. The van der Waals surface area contributed by atoms with Crippen LogP contribution in [-0.4, -0.2) is 66.4 Å². The SMILES string of the molecule is CCN(CC(=O)Nc1ccc(NC(C)=O)cc1)CC(=O)N1CCOC1=O. The summed E-state index contributed by atoms with van der Waals surface area (Å²) in [5.41, 5.74) is 1.21. The van der Waals surface area contributed by atoms with Crippen LogP contribution in [0.15, 0.2) is 24.3 Å². The normalized spacial score (nSPS) is 13.5. The van der Waals surface area contributed by atoms with Gasteiger partial charge in [-0.1, -0.05) is 6.92 Å². The van der Waals surface area contributed by atoms with Crippen molar-refractivity contribution in [3.05, 3.63) is 24.3 Å². The van der Waals surface area contributed by atoms with Crippen molar-refractivity contribution in [1.29, 1.82) is 0 Å². The lowest BCUT2D eigenvalue weighted by Gasteiger charge is -2.21. The number of nitrogens with zero attached hydrogens (tertiary/aromatic N) is 2. The second-order valence-electron chi connectivity index (χ2n) is 5.77. The van der Waals surface area contributed by atoms with E-state index in [4.69, 9.17) is 4.74 Å².